The van der Waals surface area contributed by atoms with Gasteiger partial charge < -0.3 is 5.11 Å². The third-order valence-electron chi connectivity index (χ3n) is 4.92. The fourth-order valence-corrected chi connectivity index (χ4v) is 3.14. The van der Waals surface area contributed by atoms with Crippen LogP contribution >= 0.6 is 0 Å². The zero-order chi connectivity index (χ0) is 22.0. The van der Waals surface area contributed by atoms with Crippen LogP contribution in [-0.2, 0) is 4.79 Å². The van der Waals surface area contributed by atoms with Gasteiger partial charge in [0.25, 0.3) is 0 Å². The Morgan fingerprint density at radius 2 is 0.900 bits per heavy atom. The molecular weight excluding hydrogens is 368 g/mol. The van der Waals surface area contributed by atoms with E-state index in [1.165, 1.54) is 51.4 Å². The van der Waals surface area contributed by atoms with Gasteiger partial charge in [0.1, 0.15) is 0 Å². The van der Waals surface area contributed by atoms with Gasteiger partial charge in [0.15, 0.2) is 0 Å². The van der Waals surface area contributed by atoms with E-state index in [0.29, 0.717) is 6.42 Å². The smallest absolute Gasteiger partial charge is 0.303 e. The molecule has 2 nitrogen and oxygen atoms in total. The second-order valence-corrected chi connectivity index (χ2v) is 7.82. The molecule has 0 rings (SSSR count). The third kappa shape index (κ3) is 26.2. The van der Waals surface area contributed by atoms with Crippen LogP contribution in [0.2, 0.25) is 0 Å². The van der Waals surface area contributed by atoms with Gasteiger partial charge in [0, 0.05) is 6.42 Å². The molecule has 0 bridgehead atoms. The number of carboxylic acids is 1. The van der Waals surface area contributed by atoms with Gasteiger partial charge in [-0.3, -0.25) is 4.79 Å². The molecule has 0 amide bonds. The summed E-state index contributed by atoms with van der Waals surface area (Å²) >= 11 is 0. The summed E-state index contributed by atoms with van der Waals surface area (Å²) in [6.45, 7) is 2.16. The molecule has 1 N–H and O–H groups in total. The van der Waals surface area contributed by atoms with Gasteiger partial charge in [0.05, 0.1) is 0 Å². The molecule has 0 radical (unpaired) electrons. The summed E-state index contributed by atoms with van der Waals surface area (Å²) in [4.78, 5) is 10.4. The van der Waals surface area contributed by atoms with Crippen molar-refractivity contribution in [1.82, 2.24) is 0 Å². The molecule has 0 saturated heterocycles. The molecule has 0 heterocycles. The van der Waals surface area contributed by atoms with E-state index in [0.717, 1.165) is 44.9 Å². The maximum Gasteiger partial charge on any atom is 0.303 e. The monoisotopic (exact) mass is 414 g/mol. The van der Waals surface area contributed by atoms with Crippen molar-refractivity contribution < 1.29 is 9.90 Å². The largest absolute Gasteiger partial charge is 0.481 e. The van der Waals surface area contributed by atoms with Crippen molar-refractivity contribution in [3.63, 3.8) is 0 Å². The molecule has 30 heavy (non-hydrogen) atoms. The van der Waals surface area contributed by atoms with E-state index in [2.05, 4.69) is 67.7 Å². The van der Waals surface area contributed by atoms with Crippen LogP contribution in [-0.4, -0.2) is 11.1 Å². The molecule has 0 aliphatic carbocycles. The topological polar surface area (TPSA) is 37.3 Å². The van der Waals surface area contributed by atoms with Gasteiger partial charge >= 0.3 is 5.97 Å². The van der Waals surface area contributed by atoms with E-state index in [-0.39, 0.29) is 0 Å². The number of rotatable bonds is 21. The van der Waals surface area contributed by atoms with E-state index in [4.69, 9.17) is 5.11 Å². The normalized spacial score (nSPS) is 12.6. The highest BCUT2D eigenvalue weighted by Gasteiger charge is 1.96. The van der Waals surface area contributed by atoms with E-state index in [9.17, 15) is 4.79 Å². The molecule has 0 fully saturated rings. The standard InChI is InChI=1S/C28H46O2/c1-2-3-4-5-6-7-8-9-10-11-12-13-14-15-16-17-18-19-20-21-22-23-24-25-26-27-28(29)30/h3-4,6-7,9-10,12-13,15-16H,2,5,8,11,14,17-27H2,1H3,(H,29,30)/b4-3+,7-6+,10-9+,13-12+,16-15+. The fraction of sp³-hybridized carbons (Fsp3) is 0.607. The first kappa shape index (κ1) is 28.2. The minimum atomic E-state index is -0.664. The van der Waals surface area contributed by atoms with Crippen molar-refractivity contribution in [2.24, 2.45) is 0 Å². The second-order valence-electron chi connectivity index (χ2n) is 7.82. The predicted molar refractivity (Wildman–Crippen MR) is 133 cm³/mol. The summed E-state index contributed by atoms with van der Waals surface area (Å²) in [7, 11) is 0. The molecule has 0 unspecified atom stereocenters. The maximum atomic E-state index is 10.4. The van der Waals surface area contributed by atoms with E-state index < -0.39 is 5.97 Å². The number of allylic oxidation sites excluding steroid dienone is 10. The minimum Gasteiger partial charge on any atom is -0.481 e. The number of carboxylic acid groups (broad SMARTS) is 1. The van der Waals surface area contributed by atoms with Gasteiger partial charge in [-0.1, -0.05) is 113 Å². The van der Waals surface area contributed by atoms with Gasteiger partial charge in [0.2, 0.25) is 0 Å². The molecular formula is C28H46O2. The van der Waals surface area contributed by atoms with Crippen molar-refractivity contribution in [1.29, 1.82) is 0 Å². The molecule has 0 spiro atoms. The Balaban J connectivity index is 3.32. The van der Waals surface area contributed by atoms with Crippen molar-refractivity contribution in [3.05, 3.63) is 60.8 Å². The second kappa shape index (κ2) is 25.2. The summed E-state index contributed by atoms with van der Waals surface area (Å²) in [6.07, 6.45) is 40.2. The highest BCUT2D eigenvalue weighted by Crippen LogP contribution is 2.11. The van der Waals surface area contributed by atoms with Crippen molar-refractivity contribution in [2.45, 2.75) is 110 Å². The van der Waals surface area contributed by atoms with Crippen LogP contribution in [0.4, 0.5) is 0 Å². The Labute approximate surface area is 186 Å². The maximum absolute atomic E-state index is 10.4. The average Bonchev–Trinajstić information content (AvgIpc) is 2.73. The number of hydrogen-bond donors (Lipinski definition) is 1. The molecule has 0 aromatic rings. The van der Waals surface area contributed by atoms with Gasteiger partial charge in [-0.05, 0) is 51.4 Å². The van der Waals surface area contributed by atoms with E-state index in [1.807, 2.05) is 0 Å². The highest BCUT2D eigenvalue weighted by atomic mass is 16.4. The Bertz CT molecular complexity index is 509. The lowest BCUT2D eigenvalue weighted by Crippen LogP contribution is -1.93. The molecule has 0 aliphatic heterocycles. The first-order valence-electron chi connectivity index (χ1n) is 12.2. The predicted octanol–water partition coefficient (Wildman–Crippen LogP) is 9.11. The summed E-state index contributed by atoms with van der Waals surface area (Å²) in [6, 6.07) is 0. The van der Waals surface area contributed by atoms with Crippen LogP contribution in [0.1, 0.15) is 110 Å². The minimum absolute atomic E-state index is 0.329. The summed E-state index contributed by atoms with van der Waals surface area (Å²) in [5.41, 5.74) is 0. The fourth-order valence-electron chi connectivity index (χ4n) is 3.14. The number of hydrogen-bond acceptors (Lipinski definition) is 1. The average molecular weight is 415 g/mol. The summed E-state index contributed by atoms with van der Waals surface area (Å²) in [5, 5.41) is 8.58. The Morgan fingerprint density at radius 3 is 1.33 bits per heavy atom. The van der Waals surface area contributed by atoms with Crippen LogP contribution in [0.5, 0.6) is 0 Å². The van der Waals surface area contributed by atoms with E-state index >= 15 is 0 Å². The molecule has 0 atom stereocenters. The van der Waals surface area contributed by atoms with Crippen molar-refractivity contribution in [3.8, 4) is 0 Å². The van der Waals surface area contributed by atoms with Gasteiger partial charge in [-0.15, -0.1) is 0 Å². The van der Waals surface area contributed by atoms with Crippen LogP contribution in [0.3, 0.4) is 0 Å². The molecule has 170 valence electrons. The Hall–Kier alpha value is -1.83. The molecule has 0 aliphatic rings. The van der Waals surface area contributed by atoms with Crippen molar-refractivity contribution in [2.75, 3.05) is 0 Å². The first-order chi connectivity index (χ1) is 14.8. The third-order valence-corrected chi connectivity index (χ3v) is 4.92. The van der Waals surface area contributed by atoms with Crippen LogP contribution < -0.4 is 0 Å². The Morgan fingerprint density at radius 1 is 0.533 bits per heavy atom. The summed E-state index contributed by atoms with van der Waals surface area (Å²) < 4.78 is 0. The zero-order valence-corrected chi connectivity index (χ0v) is 19.4. The lowest BCUT2D eigenvalue weighted by atomic mass is 10.1. The lowest BCUT2D eigenvalue weighted by molar-refractivity contribution is -0.137. The number of carbonyl (C=O) groups is 1. The Kier molecular flexibility index (Phi) is 23.7. The highest BCUT2D eigenvalue weighted by molar-refractivity contribution is 5.66. The van der Waals surface area contributed by atoms with Crippen LogP contribution in [0.25, 0.3) is 0 Å². The van der Waals surface area contributed by atoms with Gasteiger partial charge in [-0.25, -0.2) is 0 Å². The molecule has 2 heteroatoms. The lowest BCUT2D eigenvalue weighted by Gasteiger charge is -2.01. The molecule has 0 aromatic heterocycles. The number of aliphatic carboxylic acids is 1. The zero-order valence-electron chi connectivity index (χ0n) is 19.4. The van der Waals surface area contributed by atoms with Crippen LogP contribution in [0.15, 0.2) is 60.8 Å². The van der Waals surface area contributed by atoms with Gasteiger partial charge in [-0.2, -0.15) is 0 Å². The first-order valence-corrected chi connectivity index (χ1v) is 12.2. The molecule has 0 aromatic carbocycles. The van der Waals surface area contributed by atoms with Crippen LogP contribution in [0, 0.1) is 0 Å². The van der Waals surface area contributed by atoms with Crippen molar-refractivity contribution >= 4 is 5.97 Å². The quantitative estimate of drug-likeness (QED) is 0.150. The number of unbranched alkanes of at least 4 members (excludes halogenated alkanes) is 9. The van der Waals surface area contributed by atoms with E-state index in [1.54, 1.807) is 0 Å². The SMILES string of the molecule is CC/C=C/C/C=C/C/C=C/C/C=C/C/C=C/CCCCCCCCCCCC(=O)O. The summed E-state index contributed by atoms with van der Waals surface area (Å²) in [5.74, 6) is -0.664. The molecule has 0 saturated carbocycles.